The van der Waals surface area contributed by atoms with E-state index in [1.807, 2.05) is 0 Å². The molecular weight excluding hydrogens is 302 g/mol. The van der Waals surface area contributed by atoms with Crippen LogP contribution < -0.4 is 16.2 Å². The Hall–Kier alpha value is -1.15. The van der Waals surface area contributed by atoms with Gasteiger partial charge in [0.15, 0.2) is 0 Å². The summed E-state index contributed by atoms with van der Waals surface area (Å²) in [6.45, 7) is 0.519. The molecule has 112 valence electrons. The number of halogens is 1. The number of rotatable bonds is 8. The number of hydrogen-bond acceptors (Lipinski definition) is 4. The second kappa shape index (κ2) is 7.58. The predicted molar refractivity (Wildman–Crippen MR) is 77.6 cm³/mol. The minimum Gasteiger partial charge on any atom is -0.370 e. The van der Waals surface area contributed by atoms with Crippen molar-refractivity contribution in [1.29, 1.82) is 0 Å². The zero-order chi connectivity index (χ0) is 15.2. The average molecular weight is 320 g/mol. The number of amides is 1. The minimum atomic E-state index is -3.66. The Morgan fingerprint density at radius 2 is 2.00 bits per heavy atom. The first kappa shape index (κ1) is 16.9. The molecule has 0 unspecified atom stereocenters. The van der Waals surface area contributed by atoms with Crippen LogP contribution in [0.1, 0.15) is 24.8 Å². The van der Waals surface area contributed by atoms with Crippen LogP contribution >= 0.6 is 11.6 Å². The molecular formula is C12H18ClN3O3S. The van der Waals surface area contributed by atoms with Gasteiger partial charge in [0.1, 0.15) is 4.90 Å². The highest BCUT2D eigenvalue weighted by molar-refractivity contribution is 7.89. The van der Waals surface area contributed by atoms with Crippen LogP contribution in [0.4, 0.5) is 0 Å². The number of primary amides is 1. The van der Waals surface area contributed by atoms with Crippen LogP contribution in [0.5, 0.6) is 0 Å². The highest BCUT2D eigenvalue weighted by atomic mass is 35.5. The molecule has 1 aromatic rings. The lowest BCUT2D eigenvalue weighted by atomic mass is 10.2. The number of carbonyl (C=O) groups excluding carboxylic acids is 1. The van der Waals surface area contributed by atoms with Gasteiger partial charge in [0, 0.05) is 19.5 Å². The quantitative estimate of drug-likeness (QED) is 0.613. The van der Waals surface area contributed by atoms with E-state index in [9.17, 15) is 13.2 Å². The van der Waals surface area contributed by atoms with Gasteiger partial charge in [-0.2, -0.15) is 0 Å². The van der Waals surface area contributed by atoms with Crippen molar-refractivity contribution in [3.63, 3.8) is 0 Å². The van der Waals surface area contributed by atoms with Gasteiger partial charge in [0.05, 0.1) is 5.02 Å². The van der Waals surface area contributed by atoms with Crippen molar-refractivity contribution in [3.8, 4) is 0 Å². The standard InChI is InChI=1S/C12H18ClN3O3S/c13-10-7-9(8-14)4-5-11(10)20(18,19)16-6-2-1-3-12(15)17/h4-5,7,16H,1-3,6,8,14H2,(H2,15,17). The second-order valence-corrected chi connectivity index (χ2v) is 6.43. The molecule has 1 aromatic carbocycles. The van der Waals surface area contributed by atoms with Crippen molar-refractivity contribution in [2.75, 3.05) is 6.54 Å². The number of sulfonamides is 1. The zero-order valence-electron chi connectivity index (χ0n) is 10.9. The maximum Gasteiger partial charge on any atom is 0.242 e. The molecule has 0 atom stereocenters. The molecule has 0 fully saturated rings. The smallest absolute Gasteiger partial charge is 0.242 e. The van der Waals surface area contributed by atoms with Crippen molar-refractivity contribution in [2.45, 2.75) is 30.7 Å². The van der Waals surface area contributed by atoms with Crippen LogP contribution in [-0.2, 0) is 21.4 Å². The van der Waals surface area contributed by atoms with Crippen molar-refractivity contribution in [2.24, 2.45) is 11.5 Å². The molecule has 0 aliphatic heterocycles. The molecule has 0 heterocycles. The zero-order valence-corrected chi connectivity index (χ0v) is 12.5. The molecule has 0 radical (unpaired) electrons. The van der Waals surface area contributed by atoms with Crippen LogP contribution in [0.3, 0.4) is 0 Å². The summed E-state index contributed by atoms with van der Waals surface area (Å²) in [6, 6.07) is 4.58. The predicted octanol–water partition coefficient (Wildman–Crippen LogP) is 0.733. The number of nitrogens with two attached hydrogens (primary N) is 2. The lowest BCUT2D eigenvalue weighted by molar-refractivity contribution is -0.118. The number of nitrogens with one attached hydrogen (secondary N) is 1. The minimum absolute atomic E-state index is 0.0197. The molecule has 8 heteroatoms. The van der Waals surface area contributed by atoms with Gasteiger partial charge >= 0.3 is 0 Å². The number of carbonyl (C=O) groups is 1. The summed E-state index contributed by atoms with van der Waals surface area (Å²) in [6.07, 6.45) is 1.31. The second-order valence-electron chi connectivity index (χ2n) is 4.29. The van der Waals surface area contributed by atoms with Crippen LogP contribution in [0.2, 0.25) is 5.02 Å². The molecule has 1 rings (SSSR count). The third kappa shape index (κ3) is 5.09. The number of unbranched alkanes of at least 4 members (excludes halogenated alkanes) is 1. The maximum absolute atomic E-state index is 12.0. The van der Waals surface area contributed by atoms with Crippen LogP contribution in [-0.4, -0.2) is 20.9 Å². The largest absolute Gasteiger partial charge is 0.370 e. The van der Waals surface area contributed by atoms with Crippen LogP contribution in [0.25, 0.3) is 0 Å². The van der Waals surface area contributed by atoms with Gasteiger partial charge in [-0.3, -0.25) is 4.79 Å². The van der Waals surface area contributed by atoms with Crippen molar-refractivity contribution < 1.29 is 13.2 Å². The summed E-state index contributed by atoms with van der Waals surface area (Å²) in [5, 5.41) is 0.137. The number of hydrogen-bond donors (Lipinski definition) is 3. The van der Waals surface area contributed by atoms with Gasteiger partial charge in [-0.05, 0) is 30.5 Å². The van der Waals surface area contributed by atoms with Crippen molar-refractivity contribution >= 4 is 27.5 Å². The first-order chi connectivity index (χ1) is 9.36. The topological polar surface area (TPSA) is 115 Å². The lowest BCUT2D eigenvalue weighted by Crippen LogP contribution is -2.25. The fraction of sp³-hybridized carbons (Fsp3) is 0.417. The van der Waals surface area contributed by atoms with Gasteiger partial charge in [-0.1, -0.05) is 17.7 Å². The molecule has 0 saturated carbocycles. The SMILES string of the molecule is NCc1ccc(S(=O)(=O)NCCCCC(N)=O)c(Cl)c1. The molecule has 5 N–H and O–H groups in total. The third-order valence-corrected chi connectivity index (χ3v) is 4.61. The van der Waals surface area contributed by atoms with E-state index in [1.54, 1.807) is 6.07 Å². The Balaban J connectivity index is 2.62. The summed E-state index contributed by atoms with van der Waals surface area (Å²) in [7, 11) is -3.66. The highest BCUT2D eigenvalue weighted by Crippen LogP contribution is 2.22. The van der Waals surface area contributed by atoms with E-state index in [2.05, 4.69) is 4.72 Å². The normalized spacial score (nSPS) is 11.5. The third-order valence-electron chi connectivity index (χ3n) is 2.66. The van der Waals surface area contributed by atoms with E-state index in [1.165, 1.54) is 12.1 Å². The lowest BCUT2D eigenvalue weighted by Gasteiger charge is -2.09. The Labute approximate surface area is 123 Å². The Morgan fingerprint density at radius 1 is 1.30 bits per heavy atom. The van der Waals surface area contributed by atoms with Crippen LogP contribution in [0, 0.1) is 0 Å². The molecule has 20 heavy (non-hydrogen) atoms. The molecule has 1 amide bonds. The fourth-order valence-electron chi connectivity index (χ4n) is 1.60. The Kier molecular flexibility index (Phi) is 6.41. The average Bonchev–Trinajstić information content (AvgIpc) is 2.37. The summed E-state index contributed by atoms with van der Waals surface area (Å²) in [4.78, 5) is 10.6. The van der Waals surface area contributed by atoms with Crippen LogP contribution in [0.15, 0.2) is 23.1 Å². The van der Waals surface area contributed by atoms with Gasteiger partial charge in [0.2, 0.25) is 15.9 Å². The summed E-state index contributed by atoms with van der Waals surface area (Å²) in [5.41, 5.74) is 11.2. The van der Waals surface area contributed by atoms with E-state index < -0.39 is 15.9 Å². The summed E-state index contributed by atoms with van der Waals surface area (Å²) < 4.78 is 26.5. The molecule has 0 saturated heterocycles. The van der Waals surface area contributed by atoms with Gasteiger partial charge in [-0.25, -0.2) is 13.1 Å². The molecule has 6 nitrogen and oxygen atoms in total. The fourth-order valence-corrected chi connectivity index (χ4v) is 3.24. The maximum atomic E-state index is 12.0. The number of benzene rings is 1. The van der Waals surface area contributed by atoms with E-state index in [0.717, 1.165) is 5.56 Å². The summed E-state index contributed by atoms with van der Waals surface area (Å²) in [5.74, 6) is -0.395. The van der Waals surface area contributed by atoms with E-state index in [-0.39, 0.29) is 22.9 Å². The Morgan fingerprint density at radius 3 is 2.55 bits per heavy atom. The van der Waals surface area contributed by atoms with E-state index >= 15 is 0 Å². The van der Waals surface area contributed by atoms with Gasteiger partial charge < -0.3 is 11.5 Å². The van der Waals surface area contributed by atoms with Crippen molar-refractivity contribution in [3.05, 3.63) is 28.8 Å². The Bertz CT molecular complexity index is 575. The monoisotopic (exact) mass is 319 g/mol. The molecule has 0 aliphatic carbocycles. The first-order valence-corrected chi connectivity index (χ1v) is 7.99. The molecule has 0 bridgehead atoms. The first-order valence-electron chi connectivity index (χ1n) is 6.13. The molecule has 0 aromatic heterocycles. The molecule has 0 spiro atoms. The van der Waals surface area contributed by atoms with E-state index in [4.69, 9.17) is 23.1 Å². The highest BCUT2D eigenvalue weighted by Gasteiger charge is 2.17. The van der Waals surface area contributed by atoms with Crippen molar-refractivity contribution in [1.82, 2.24) is 4.72 Å². The summed E-state index contributed by atoms with van der Waals surface area (Å²) >= 11 is 5.94. The van der Waals surface area contributed by atoms with Gasteiger partial charge in [-0.15, -0.1) is 0 Å². The van der Waals surface area contributed by atoms with E-state index in [0.29, 0.717) is 19.4 Å². The van der Waals surface area contributed by atoms with Gasteiger partial charge in [0.25, 0.3) is 0 Å². The molecule has 0 aliphatic rings.